The number of hydrogen-bond donors (Lipinski definition) is 3. The average molecular weight is 301 g/mol. The van der Waals surface area contributed by atoms with E-state index in [1.54, 1.807) is 0 Å². The number of rotatable bonds is 4. The molecular formula is C12H23N5O2S. The molecule has 0 spiro atoms. The van der Waals surface area contributed by atoms with Gasteiger partial charge >= 0.3 is 0 Å². The van der Waals surface area contributed by atoms with E-state index in [0.717, 1.165) is 18.6 Å². The van der Waals surface area contributed by atoms with Crippen molar-refractivity contribution >= 4 is 29.6 Å². The fourth-order valence-corrected chi connectivity index (χ4v) is 1.43. The van der Waals surface area contributed by atoms with E-state index >= 15 is 0 Å². The molecule has 1 aromatic rings. The van der Waals surface area contributed by atoms with E-state index in [0.29, 0.717) is 11.9 Å². The number of anilines is 2. The number of carbonyl (C=O) groups is 1. The Morgan fingerprint density at radius 2 is 1.75 bits per heavy atom. The van der Waals surface area contributed by atoms with Crippen LogP contribution in [0.1, 0.15) is 34.6 Å². The van der Waals surface area contributed by atoms with Crippen molar-refractivity contribution in [3.8, 4) is 0 Å². The molecule has 1 rings (SSSR count). The third kappa shape index (κ3) is 9.37. The lowest BCUT2D eigenvalue weighted by Crippen LogP contribution is -2.27. The van der Waals surface area contributed by atoms with Gasteiger partial charge in [0.2, 0.25) is 11.9 Å². The Morgan fingerprint density at radius 3 is 2.15 bits per heavy atom. The molecule has 0 radical (unpaired) electrons. The lowest BCUT2D eigenvalue weighted by atomic mass is 10.1. The van der Waals surface area contributed by atoms with Crippen LogP contribution in [-0.2, 0) is 4.79 Å². The third-order valence-electron chi connectivity index (χ3n) is 1.62. The van der Waals surface area contributed by atoms with Crippen molar-refractivity contribution in [2.75, 3.05) is 23.4 Å². The van der Waals surface area contributed by atoms with Gasteiger partial charge in [0.15, 0.2) is 5.16 Å². The number of thioether (sulfide) groups is 1. The van der Waals surface area contributed by atoms with Gasteiger partial charge in [0.1, 0.15) is 0 Å². The molecule has 20 heavy (non-hydrogen) atoms. The van der Waals surface area contributed by atoms with Crippen LogP contribution in [0.25, 0.3) is 0 Å². The molecule has 0 saturated carbocycles. The summed E-state index contributed by atoms with van der Waals surface area (Å²) in [5.74, 6) is 0.399. The minimum absolute atomic E-state index is 0.0550. The summed E-state index contributed by atoms with van der Waals surface area (Å²) in [6.45, 7) is 10.1. The number of carboxylic acids is 1. The zero-order valence-electron chi connectivity index (χ0n) is 12.8. The van der Waals surface area contributed by atoms with Crippen molar-refractivity contribution in [2.24, 2.45) is 0 Å². The van der Waals surface area contributed by atoms with E-state index in [1.165, 1.54) is 11.8 Å². The Hall–Kier alpha value is -1.57. The maximum atomic E-state index is 9.00. The van der Waals surface area contributed by atoms with Crippen LogP contribution < -0.4 is 10.6 Å². The highest BCUT2D eigenvalue weighted by Crippen LogP contribution is 2.16. The number of aliphatic carboxylic acids is 1. The van der Waals surface area contributed by atoms with Gasteiger partial charge in [-0.3, -0.25) is 4.79 Å². The lowest BCUT2D eigenvalue weighted by molar-refractivity contribution is -0.134. The van der Waals surface area contributed by atoms with Crippen molar-refractivity contribution in [3.63, 3.8) is 0 Å². The molecule has 0 aliphatic rings. The maximum absolute atomic E-state index is 9.00. The van der Waals surface area contributed by atoms with Gasteiger partial charge in [0.25, 0.3) is 5.97 Å². The van der Waals surface area contributed by atoms with Gasteiger partial charge in [-0.15, -0.1) is 0 Å². The molecule has 3 N–H and O–H groups in total. The van der Waals surface area contributed by atoms with Gasteiger partial charge in [0.05, 0.1) is 0 Å². The average Bonchev–Trinajstić information content (AvgIpc) is 2.25. The van der Waals surface area contributed by atoms with Crippen LogP contribution in [0.4, 0.5) is 11.9 Å². The summed E-state index contributed by atoms with van der Waals surface area (Å²) in [5, 5.41) is 14.5. The standard InChI is InChI=1S/C10H19N5S.C2H4O2/c1-6-11-7-12-8(15-10(2,3)4)14-9(13-7)16-5;1-2(3)4/h6H2,1-5H3,(H2,11,12,13,14,15);1H3,(H,3,4). The van der Waals surface area contributed by atoms with Crippen LogP contribution >= 0.6 is 11.8 Å². The molecule has 0 unspecified atom stereocenters. The Morgan fingerprint density at radius 1 is 1.25 bits per heavy atom. The van der Waals surface area contributed by atoms with Gasteiger partial charge in [-0.2, -0.15) is 15.0 Å². The van der Waals surface area contributed by atoms with Crippen molar-refractivity contribution in [1.82, 2.24) is 15.0 Å². The van der Waals surface area contributed by atoms with Crippen LogP contribution in [0.2, 0.25) is 0 Å². The SMILES string of the molecule is CC(=O)O.CCNc1nc(NC(C)(C)C)nc(SC)n1. The van der Waals surface area contributed by atoms with Crippen molar-refractivity contribution in [2.45, 2.75) is 45.3 Å². The summed E-state index contributed by atoms with van der Waals surface area (Å²) in [7, 11) is 0. The summed E-state index contributed by atoms with van der Waals surface area (Å²) < 4.78 is 0. The molecule has 114 valence electrons. The Labute approximate surface area is 124 Å². The number of carboxylic acid groups (broad SMARTS) is 1. The normalized spacial score (nSPS) is 10.3. The van der Waals surface area contributed by atoms with Gasteiger partial charge < -0.3 is 15.7 Å². The number of nitrogens with one attached hydrogen (secondary N) is 2. The zero-order valence-corrected chi connectivity index (χ0v) is 13.6. The highest BCUT2D eigenvalue weighted by atomic mass is 32.2. The Balaban J connectivity index is 0.000000796. The van der Waals surface area contributed by atoms with Crippen LogP contribution in [-0.4, -0.2) is 44.4 Å². The number of nitrogens with zero attached hydrogens (tertiary/aromatic N) is 3. The van der Waals surface area contributed by atoms with E-state index in [2.05, 4.69) is 46.4 Å². The smallest absolute Gasteiger partial charge is 0.300 e. The van der Waals surface area contributed by atoms with Crippen LogP contribution in [0, 0.1) is 0 Å². The number of aromatic nitrogens is 3. The van der Waals surface area contributed by atoms with E-state index in [1.807, 2.05) is 13.2 Å². The lowest BCUT2D eigenvalue weighted by Gasteiger charge is -2.20. The predicted octanol–water partition coefficient (Wildman–Crippen LogP) is 2.33. The second-order valence-electron chi connectivity index (χ2n) is 4.89. The third-order valence-corrected chi connectivity index (χ3v) is 2.17. The molecule has 0 aliphatic carbocycles. The summed E-state index contributed by atoms with van der Waals surface area (Å²) in [6.07, 6.45) is 1.95. The van der Waals surface area contributed by atoms with Gasteiger partial charge in [-0.1, -0.05) is 11.8 Å². The molecule has 0 fully saturated rings. The fourth-order valence-electron chi connectivity index (χ4n) is 1.08. The first-order valence-corrected chi connectivity index (χ1v) is 7.42. The minimum Gasteiger partial charge on any atom is -0.481 e. The molecule has 8 heteroatoms. The van der Waals surface area contributed by atoms with Gasteiger partial charge in [-0.25, -0.2) is 0 Å². The van der Waals surface area contributed by atoms with Crippen LogP contribution in [0.3, 0.4) is 0 Å². The molecule has 0 bridgehead atoms. The first-order chi connectivity index (χ1) is 9.17. The molecule has 0 aromatic carbocycles. The highest BCUT2D eigenvalue weighted by Gasteiger charge is 2.13. The fraction of sp³-hybridized carbons (Fsp3) is 0.667. The van der Waals surface area contributed by atoms with E-state index in [-0.39, 0.29) is 5.54 Å². The van der Waals surface area contributed by atoms with Crippen LogP contribution in [0.15, 0.2) is 5.16 Å². The summed E-state index contributed by atoms with van der Waals surface area (Å²) in [6, 6.07) is 0. The second kappa shape index (κ2) is 8.57. The van der Waals surface area contributed by atoms with Crippen LogP contribution in [0.5, 0.6) is 0 Å². The molecule has 0 amide bonds. The minimum atomic E-state index is -0.833. The van der Waals surface area contributed by atoms with Crippen molar-refractivity contribution in [1.29, 1.82) is 0 Å². The summed E-state index contributed by atoms with van der Waals surface area (Å²) >= 11 is 1.51. The second-order valence-corrected chi connectivity index (χ2v) is 5.67. The van der Waals surface area contributed by atoms with E-state index in [4.69, 9.17) is 9.90 Å². The van der Waals surface area contributed by atoms with Gasteiger partial charge in [0, 0.05) is 19.0 Å². The quantitative estimate of drug-likeness (QED) is 0.729. The largest absolute Gasteiger partial charge is 0.481 e. The molecule has 0 saturated heterocycles. The molecule has 7 nitrogen and oxygen atoms in total. The Kier molecular flexibility index (Phi) is 7.90. The van der Waals surface area contributed by atoms with E-state index < -0.39 is 5.97 Å². The molecule has 0 atom stereocenters. The van der Waals surface area contributed by atoms with Crippen molar-refractivity contribution < 1.29 is 9.90 Å². The topological polar surface area (TPSA) is 100 Å². The maximum Gasteiger partial charge on any atom is 0.300 e. The number of hydrogen-bond acceptors (Lipinski definition) is 7. The highest BCUT2D eigenvalue weighted by molar-refractivity contribution is 7.98. The molecule has 1 heterocycles. The Bertz CT molecular complexity index is 430. The first kappa shape index (κ1) is 18.4. The summed E-state index contributed by atoms with van der Waals surface area (Å²) in [4.78, 5) is 21.9. The predicted molar refractivity (Wildman–Crippen MR) is 82.5 cm³/mol. The van der Waals surface area contributed by atoms with Gasteiger partial charge in [-0.05, 0) is 34.0 Å². The molecule has 0 aliphatic heterocycles. The molecular weight excluding hydrogens is 278 g/mol. The molecule has 1 aromatic heterocycles. The first-order valence-electron chi connectivity index (χ1n) is 6.19. The van der Waals surface area contributed by atoms with E-state index in [9.17, 15) is 0 Å². The monoisotopic (exact) mass is 301 g/mol. The zero-order chi connectivity index (χ0) is 15.8. The summed E-state index contributed by atoms with van der Waals surface area (Å²) in [5.41, 5.74) is -0.0550. The van der Waals surface area contributed by atoms with Crippen molar-refractivity contribution in [3.05, 3.63) is 0 Å².